The van der Waals surface area contributed by atoms with E-state index in [1.54, 1.807) is 29.0 Å². The predicted octanol–water partition coefficient (Wildman–Crippen LogP) is 5.62. The van der Waals surface area contributed by atoms with Crippen LogP contribution in [0.3, 0.4) is 0 Å². The second-order valence-electron chi connectivity index (χ2n) is 10.8. The lowest BCUT2D eigenvalue weighted by Gasteiger charge is -2.30. The van der Waals surface area contributed by atoms with Crippen molar-refractivity contribution in [1.29, 1.82) is 0 Å². The number of aryl methyl sites for hydroxylation is 1. The molecule has 214 valence electrons. The molecule has 0 aromatic heterocycles. The fourth-order valence-corrected chi connectivity index (χ4v) is 7.00. The van der Waals surface area contributed by atoms with Crippen LogP contribution in [0, 0.1) is 0 Å². The van der Waals surface area contributed by atoms with Crippen LogP contribution in [-0.4, -0.2) is 44.5 Å². The minimum absolute atomic E-state index is 0.289. The van der Waals surface area contributed by atoms with Crippen LogP contribution in [0.15, 0.2) is 65.6 Å². The standard InChI is InChI=1S/C30H34F3N3O3S/c31-30(32,33)28(35-40(38,39)25-13-12-22-7-2-3-8-23(22)18-25)19-29(37)34-27-10-6-9-24-17-21(11-14-26(24)27)20-36-15-4-1-5-16-36/h2-3,7-8,11-14,17-18,27-28,35H,1,4-6,9-10,15-16,19-20H2,(H,34,37)/t27-,28-/m1/s1. The van der Waals surface area contributed by atoms with Gasteiger partial charge >= 0.3 is 6.18 Å². The number of carbonyl (C=O) groups excluding carboxylic acids is 1. The highest BCUT2D eigenvalue weighted by Crippen LogP contribution is 2.32. The Morgan fingerprint density at radius 3 is 2.45 bits per heavy atom. The summed E-state index contributed by atoms with van der Waals surface area (Å²) in [5.74, 6) is -0.848. The van der Waals surface area contributed by atoms with Gasteiger partial charge in [-0.05, 0) is 84.8 Å². The lowest BCUT2D eigenvalue weighted by molar-refractivity contribution is -0.158. The average Bonchev–Trinajstić information content (AvgIpc) is 2.92. The topological polar surface area (TPSA) is 78.5 Å². The number of nitrogens with one attached hydrogen (secondary N) is 2. The number of alkyl halides is 3. The molecule has 3 aromatic carbocycles. The quantitative estimate of drug-likeness (QED) is 0.367. The van der Waals surface area contributed by atoms with Gasteiger partial charge in [-0.1, -0.05) is 55.0 Å². The van der Waals surface area contributed by atoms with Crippen LogP contribution >= 0.6 is 0 Å². The summed E-state index contributed by atoms with van der Waals surface area (Å²) in [5, 5.41) is 4.09. The van der Waals surface area contributed by atoms with E-state index in [0.29, 0.717) is 11.8 Å². The number of likely N-dealkylation sites (tertiary alicyclic amines) is 1. The second-order valence-corrected chi connectivity index (χ2v) is 12.5. The first-order valence-corrected chi connectivity index (χ1v) is 15.3. The molecule has 1 heterocycles. The number of halogens is 3. The Hall–Kier alpha value is -2.95. The van der Waals surface area contributed by atoms with Crippen LogP contribution in [0.25, 0.3) is 10.8 Å². The smallest absolute Gasteiger partial charge is 0.349 e. The van der Waals surface area contributed by atoms with E-state index in [1.807, 2.05) is 12.1 Å². The molecule has 0 unspecified atom stereocenters. The molecule has 1 amide bonds. The number of hydrogen-bond acceptors (Lipinski definition) is 4. The Bertz CT molecular complexity index is 1470. The third-order valence-electron chi connectivity index (χ3n) is 7.83. The van der Waals surface area contributed by atoms with Crippen LogP contribution in [0.5, 0.6) is 0 Å². The van der Waals surface area contributed by atoms with Crippen LogP contribution < -0.4 is 10.0 Å². The fourth-order valence-electron chi connectivity index (χ4n) is 5.74. The number of fused-ring (bicyclic) bond motifs is 2. The Kier molecular flexibility index (Phi) is 8.49. The van der Waals surface area contributed by atoms with E-state index in [0.717, 1.165) is 49.0 Å². The van der Waals surface area contributed by atoms with Crippen molar-refractivity contribution in [2.75, 3.05) is 13.1 Å². The van der Waals surface area contributed by atoms with Crippen LogP contribution in [0.2, 0.25) is 0 Å². The summed E-state index contributed by atoms with van der Waals surface area (Å²) in [6, 6.07) is 14.3. The molecule has 2 N–H and O–H groups in total. The molecule has 1 aliphatic heterocycles. The zero-order chi connectivity index (χ0) is 28.3. The summed E-state index contributed by atoms with van der Waals surface area (Å²) >= 11 is 0. The van der Waals surface area contributed by atoms with Gasteiger partial charge in [0.1, 0.15) is 6.04 Å². The van der Waals surface area contributed by atoms with Gasteiger partial charge in [-0.3, -0.25) is 9.69 Å². The molecule has 1 fully saturated rings. The van der Waals surface area contributed by atoms with Crippen molar-refractivity contribution in [1.82, 2.24) is 14.9 Å². The summed E-state index contributed by atoms with van der Waals surface area (Å²) < 4.78 is 69.3. The molecule has 40 heavy (non-hydrogen) atoms. The first-order chi connectivity index (χ1) is 19.1. The number of benzene rings is 3. The van der Waals surface area contributed by atoms with Crippen LogP contribution in [0.4, 0.5) is 13.2 Å². The number of piperidine rings is 1. The third-order valence-corrected chi connectivity index (χ3v) is 9.29. The molecule has 10 heteroatoms. The summed E-state index contributed by atoms with van der Waals surface area (Å²) in [4.78, 5) is 15.0. The van der Waals surface area contributed by atoms with Gasteiger partial charge in [0.05, 0.1) is 17.4 Å². The van der Waals surface area contributed by atoms with Gasteiger partial charge in [0.25, 0.3) is 0 Å². The van der Waals surface area contributed by atoms with Crippen LogP contribution in [0.1, 0.15) is 61.3 Å². The number of rotatable bonds is 8. The van der Waals surface area contributed by atoms with Crippen molar-refractivity contribution < 1.29 is 26.4 Å². The van der Waals surface area contributed by atoms with Crippen molar-refractivity contribution in [2.24, 2.45) is 0 Å². The van der Waals surface area contributed by atoms with Crippen molar-refractivity contribution >= 4 is 26.7 Å². The number of sulfonamides is 1. The molecule has 0 saturated carbocycles. The maximum atomic E-state index is 13.9. The lowest BCUT2D eigenvalue weighted by Crippen LogP contribution is -2.48. The van der Waals surface area contributed by atoms with E-state index in [1.165, 1.54) is 43.0 Å². The molecular weight excluding hydrogens is 539 g/mol. The van der Waals surface area contributed by atoms with Gasteiger partial charge in [-0.2, -0.15) is 17.9 Å². The molecule has 5 rings (SSSR count). The molecule has 6 nitrogen and oxygen atoms in total. The second kappa shape index (κ2) is 11.9. The van der Waals surface area contributed by atoms with Crippen molar-refractivity contribution in [3.8, 4) is 0 Å². The van der Waals surface area contributed by atoms with Gasteiger partial charge in [0.2, 0.25) is 15.9 Å². The number of nitrogens with zero attached hydrogens (tertiary/aromatic N) is 1. The van der Waals surface area contributed by atoms with E-state index in [4.69, 9.17) is 0 Å². The van der Waals surface area contributed by atoms with Gasteiger partial charge in [0.15, 0.2) is 0 Å². The number of hydrogen-bond donors (Lipinski definition) is 2. The third kappa shape index (κ3) is 6.85. The maximum absolute atomic E-state index is 13.9. The molecule has 1 aliphatic carbocycles. The molecule has 0 spiro atoms. The highest BCUT2D eigenvalue weighted by atomic mass is 32.2. The zero-order valence-electron chi connectivity index (χ0n) is 22.2. The van der Waals surface area contributed by atoms with Gasteiger partial charge in [-0.15, -0.1) is 0 Å². The summed E-state index contributed by atoms with van der Waals surface area (Å²) in [5.41, 5.74) is 3.23. The lowest BCUT2D eigenvalue weighted by atomic mass is 9.86. The van der Waals surface area contributed by atoms with E-state index >= 15 is 0 Å². The van der Waals surface area contributed by atoms with Gasteiger partial charge in [-0.25, -0.2) is 8.42 Å². The van der Waals surface area contributed by atoms with E-state index in [9.17, 15) is 26.4 Å². The molecule has 1 saturated heterocycles. The Morgan fingerprint density at radius 2 is 1.70 bits per heavy atom. The van der Waals surface area contributed by atoms with E-state index in [-0.39, 0.29) is 4.90 Å². The predicted molar refractivity (Wildman–Crippen MR) is 148 cm³/mol. The minimum Gasteiger partial charge on any atom is -0.349 e. The number of carbonyl (C=O) groups is 1. The summed E-state index contributed by atoms with van der Waals surface area (Å²) in [6.45, 7) is 3.04. The van der Waals surface area contributed by atoms with Gasteiger partial charge < -0.3 is 5.32 Å². The first-order valence-electron chi connectivity index (χ1n) is 13.8. The van der Waals surface area contributed by atoms with Crippen molar-refractivity contribution in [3.05, 3.63) is 77.4 Å². The monoisotopic (exact) mass is 573 g/mol. The Balaban J connectivity index is 1.26. The van der Waals surface area contributed by atoms with Crippen molar-refractivity contribution in [2.45, 2.75) is 74.6 Å². The van der Waals surface area contributed by atoms with Crippen molar-refractivity contribution in [3.63, 3.8) is 0 Å². The highest BCUT2D eigenvalue weighted by molar-refractivity contribution is 7.89. The van der Waals surface area contributed by atoms with E-state index < -0.39 is 40.6 Å². The largest absolute Gasteiger partial charge is 0.405 e. The Labute approximate surface area is 233 Å². The Morgan fingerprint density at radius 1 is 0.950 bits per heavy atom. The SMILES string of the molecule is O=C(C[C@@H](NS(=O)(=O)c1ccc2ccccc2c1)C(F)(F)F)N[C@@H]1CCCc2cc(CN3CCCCC3)ccc21. The molecular formula is C30H34F3N3O3S. The molecule has 2 aliphatic rings. The minimum atomic E-state index is -4.95. The summed E-state index contributed by atoms with van der Waals surface area (Å²) in [7, 11) is -4.53. The van der Waals surface area contributed by atoms with Gasteiger partial charge in [0, 0.05) is 6.54 Å². The van der Waals surface area contributed by atoms with Crippen LogP contribution in [-0.2, 0) is 27.8 Å². The average molecular weight is 574 g/mol. The first kappa shape index (κ1) is 28.6. The summed E-state index contributed by atoms with van der Waals surface area (Å²) in [6.07, 6.45) is -0.0441. The normalized spacial score (nSPS) is 19.2. The fraction of sp³-hybridized carbons (Fsp3) is 0.433. The molecule has 0 bridgehead atoms. The van der Waals surface area contributed by atoms with E-state index in [2.05, 4.69) is 16.3 Å². The number of amides is 1. The zero-order valence-corrected chi connectivity index (χ0v) is 23.0. The molecule has 2 atom stereocenters. The maximum Gasteiger partial charge on any atom is 0.405 e. The molecule has 3 aromatic rings. The molecule has 0 radical (unpaired) electrons. The highest BCUT2D eigenvalue weighted by Gasteiger charge is 2.44.